The quantitative estimate of drug-likeness (QED) is 0.877. The van der Waals surface area contributed by atoms with E-state index in [-0.39, 0.29) is 0 Å². The maximum atomic E-state index is 5.86. The second kappa shape index (κ2) is 6.74. The number of H-pyrrole nitrogens is 1. The Morgan fingerprint density at radius 3 is 2.62 bits per heavy atom. The van der Waals surface area contributed by atoms with Crippen LogP contribution in [-0.2, 0) is 6.42 Å². The normalized spacial score (nSPS) is 12.4. The number of aromatic nitrogens is 3. The van der Waals surface area contributed by atoms with Crippen molar-refractivity contribution in [2.75, 3.05) is 6.61 Å². The van der Waals surface area contributed by atoms with Crippen molar-refractivity contribution in [3.63, 3.8) is 0 Å². The van der Waals surface area contributed by atoms with E-state index in [0.717, 1.165) is 30.9 Å². The molecule has 2 aromatic rings. The Labute approximate surface area is 126 Å². The van der Waals surface area contributed by atoms with E-state index < -0.39 is 0 Å². The molecule has 0 amide bonds. The van der Waals surface area contributed by atoms with Gasteiger partial charge < -0.3 is 4.74 Å². The van der Waals surface area contributed by atoms with Crippen molar-refractivity contribution in [2.24, 2.45) is 0 Å². The van der Waals surface area contributed by atoms with Crippen LogP contribution >= 0.6 is 0 Å². The van der Waals surface area contributed by atoms with Crippen LogP contribution in [0.4, 0.5) is 0 Å². The highest BCUT2D eigenvalue weighted by Gasteiger charge is 2.17. The predicted molar refractivity (Wildman–Crippen MR) is 84.9 cm³/mol. The molecule has 0 spiro atoms. The summed E-state index contributed by atoms with van der Waals surface area (Å²) >= 11 is 0. The zero-order valence-electron chi connectivity index (χ0n) is 13.7. The van der Waals surface area contributed by atoms with Crippen molar-refractivity contribution in [3.05, 3.63) is 40.2 Å². The van der Waals surface area contributed by atoms with E-state index in [2.05, 4.69) is 56.1 Å². The highest BCUT2D eigenvalue weighted by atomic mass is 16.5. The molecular formula is C17H25N3O. The van der Waals surface area contributed by atoms with Crippen LogP contribution in [0.5, 0.6) is 5.75 Å². The number of aryl methyl sites for hydroxylation is 1. The van der Waals surface area contributed by atoms with Crippen LogP contribution in [0.15, 0.2) is 12.3 Å². The van der Waals surface area contributed by atoms with E-state index >= 15 is 0 Å². The van der Waals surface area contributed by atoms with Gasteiger partial charge in [-0.1, -0.05) is 13.8 Å². The van der Waals surface area contributed by atoms with Crippen molar-refractivity contribution >= 4 is 0 Å². The molecular weight excluding hydrogens is 262 g/mol. The van der Waals surface area contributed by atoms with Crippen molar-refractivity contribution < 1.29 is 4.74 Å². The zero-order valence-corrected chi connectivity index (χ0v) is 13.7. The van der Waals surface area contributed by atoms with Gasteiger partial charge in [0.05, 0.1) is 18.5 Å². The minimum Gasteiger partial charge on any atom is -0.493 e. The summed E-state index contributed by atoms with van der Waals surface area (Å²) in [7, 11) is 0. The Bertz CT molecular complexity index is 591. The molecule has 1 heterocycles. The van der Waals surface area contributed by atoms with Crippen molar-refractivity contribution in [3.8, 4) is 5.75 Å². The molecule has 0 aliphatic heterocycles. The van der Waals surface area contributed by atoms with Crippen LogP contribution < -0.4 is 4.74 Å². The monoisotopic (exact) mass is 287 g/mol. The predicted octanol–water partition coefficient (Wildman–Crippen LogP) is 3.86. The van der Waals surface area contributed by atoms with Gasteiger partial charge in [0.25, 0.3) is 0 Å². The highest BCUT2D eigenvalue weighted by molar-refractivity contribution is 5.49. The zero-order chi connectivity index (χ0) is 15.4. The van der Waals surface area contributed by atoms with Gasteiger partial charge in [-0.15, -0.1) is 0 Å². The van der Waals surface area contributed by atoms with Gasteiger partial charge in [0.2, 0.25) is 0 Å². The molecule has 0 radical (unpaired) electrons. The third-order valence-electron chi connectivity index (χ3n) is 4.04. The molecule has 0 saturated carbocycles. The highest BCUT2D eigenvalue weighted by Crippen LogP contribution is 2.33. The number of benzene rings is 1. The molecule has 1 aromatic carbocycles. The van der Waals surface area contributed by atoms with Gasteiger partial charge >= 0.3 is 0 Å². The molecule has 0 fully saturated rings. The van der Waals surface area contributed by atoms with Gasteiger partial charge in [-0.25, -0.2) is 0 Å². The molecule has 0 saturated heterocycles. The molecule has 2 rings (SSSR count). The van der Waals surface area contributed by atoms with E-state index in [1.807, 2.05) is 0 Å². The maximum absolute atomic E-state index is 5.86. The molecule has 1 aromatic heterocycles. The first-order valence-electron chi connectivity index (χ1n) is 7.62. The Kier molecular flexibility index (Phi) is 4.99. The number of hydrogen-bond donors (Lipinski definition) is 1. The van der Waals surface area contributed by atoms with Crippen LogP contribution in [0.1, 0.15) is 54.1 Å². The first-order valence-corrected chi connectivity index (χ1v) is 7.62. The van der Waals surface area contributed by atoms with Gasteiger partial charge in [-0.3, -0.25) is 0 Å². The van der Waals surface area contributed by atoms with Crippen LogP contribution in [0.2, 0.25) is 0 Å². The molecule has 114 valence electrons. The van der Waals surface area contributed by atoms with Crippen molar-refractivity contribution in [1.82, 2.24) is 15.4 Å². The van der Waals surface area contributed by atoms with E-state index in [1.165, 1.54) is 22.3 Å². The third-order valence-corrected chi connectivity index (χ3v) is 4.04. The lowest BCUT2D eigenvalue weighted by Crippen LogP contribution is -2.07. The summed E-state index contributed by atoms with van der Waals surface area (Å²) in [4.78, 5) is 0. The van der Waals surface area contributed by atoms with Crippen molar-refractivity contribution in [1.29, 1.82) is 0 Å². The largest absolute Gasteiger partial charge is 0.493 e. The number of rotatable bonds is 6. The topological polar surface area (TPSA) is 50.8 Å². The summed E-state index contributed by atoms with van der Waals surface area (Å²) < 4.78 is 5.86. The molecule has 4 nitrogen and oxygen atoms in total. The number of hydrogen-bond acceptors (Lipinski definition) is 3. The van der Waals surface area contributed by atoms with E-state index in [1.54, 1.807) is 6.20 Å². The summed E-state index contributed by atoms with van der Waals surface area (Å²) in [6.45, 7) is 11.6. The SMILES string of the molecule is CCCOc1cc(C)c(C(C)Cc2cn[nH]n2)c(C)c1C. The third kappa shape index (κ3) is 3.43. The summed E-state index contributed by atoms with van der Waals surface area (Å²) in [6, 6.07) is 2.17. The van der Waals surface area contributed by atoms with Crippen molar-refractivity contribution in [2.45, 2.75) is 53.4 Å². The molecule has 1 atom stereocenters. The minimum atomic E-state index is 0.411. The lowest BCUT2D eigenvalue weighted by molar-refractivity contribution is 0.314. The van der Waals surface area contributed by atoms with Gasteiger partial charge in [-0.05, 0) is 67.9 Å². The summed E-state index contributed by atoms with van der Waals surface area (Å²) in [5.74, 6) is 1.43. The van der Waals surface area contributed by atoms with E-state index in [9.17, 15) is 0 Å². The Morgan fingerprint density at radius 2 is 2.00 bits per heavy atom. The Hall–Kier alpha value is -1.84. The maximum Gasteiger partial charge on any atom is 0.122 e. The number of ether oxygens (including phenoxy) is 1. The van der Waals surface area contributed by atoms with Gasteiger partial charge in [0.1, 0.15) is 5.75 Å². The van der Waals surface area contributed by atoms with E-state index in [0.29, 0.717) is 5.92 Å². The molecule has 0 aliphatic carbocycles. The van der Waals surface area contributed by atoms with E-state index in [4.69, 9.17) is 4.74 Å². The summed E-state index contributed by atoms with van der Waals surface area (Å²) in [5, 5.41) is 10.7. The van der Waals surface area contributed by atoms with Crippen LogP contribution in [0.3, 0.4) is 0 Å². The molecule has 0 bridgehead atoms. The summed E-state index contributed by atoms with van der Waals surface area (Å²) in [5.41, 5.74) is 6.28. The lowest BCUT2D eigenvalue weighted by Gasteiger charge is -2.21. The minimum absolute atomic E-state index is 0.411. The van der Waals surface area contributed by atoms with Gasteiger partial charge in [0, 0.05) is 0 Å². The van der Waals surface area contributed by atoms with Crippen LogP contribution in [-0.4, -0.2) is 22.0 Å². The Morgan fingerprint density at radius 1 is 1.24 bits per heavy atom. The number of nitrogens with one attached hydrogen (secondary N) is 1. The number of aromatic amines is 1. The van der Waals surface area contributed by atoms with Crippen LogP contribution in [0.25, 0.3) is 0 Å². The second-order valence-electron chi connectivity index (χ2n) is 5.77. The molecule has 1 unspecified atom stereocenters. The fraction of sp³-hybridized carbons (Fsp3) is 0.529. The molecule has 1 N–H and O–H groups in total. The standard InChI is InChI=1S/C17H25N3O/c1-6-7-21-16-9-12(3)17(14(5)13(16)4)11(2)8-15-10-18-20-19-15/h9-11H,6-8H2,1-5H3,(H,18,19,20). The first-order chi connectivity index (χ1) is 10.0. The Balaban J connectivity index is 2.29. The smallest absolute Gasteiger partial charge is 0.122 e. The summed E-state index contributed by atoms with van der Waals surface area (Å²) in [6.07, 6.45) is 3.72. The van der Waals surface area contributed by atoms with Gasteiger partial charge in [0.15, 0.2) is 0 Å². The first kappa shape index (κ1) is 15.5. The second-order valence-corrected chi connectivity index (χ2v) is 5.77. The lowest BCUT2D eigenvalue weighted by atomic mass is 9.86. The van der Waals surface area contributed by atoms with Gasteiger partial charge in [-0.2, -0.15) is 15.4 Å². The fourth-order valence-electron chi connectivity index (χ4n) is 2.92. The fourth-order valence-corrected chi connectivity index (χ4v) is 2.92. The molecule has 21 heavy (non-hydrogen) atoms. The van der Waals surface area contributed by atoms with Crippen LogP contribution in [0, 0.1) is 20.8 Å². The average Bonchev–Trinajstić information content (AvgIpc) is 2.94. The molecule has 0 aliphatic rings. The number of nitrogens with zero attached hydrogens (tertiary/aromatic N) is 2. The molecule has 4 heteroatoms. The average molecular weight is 287 g/mol.